The van der Waals surface area contributed by atoms with E-state index in [-0.39, 0.29) is 11.4 Å². The first kappa shape index (κ1) is 13.8. The average molecular weight is 254 g/mol. The standard InChI is InChI=1S/C14H26N2O2/c1-11-5-3-7-14(15,9-11)12(17)16-13(2)6-4-8-18-10-13/h11H,3-10,15H2,1-2H3,(H,16,17). The third-order valence-corrected chi connectivity index (χ3v) is 4.34. The Kier molecular flexibility index (Phi) is 3.97. The predicted octanol–water partition coefficient (Wildman–Crippen LogP) is 1.58. The van der Waals surface area contributed by atoms with Crippen LogP contribution in [0.3, 0.4) is 0 Å². The molecule has 3 atom stereocenters. The zero-order valence-corrected chi connectivity index (χ0v) is 11.6. The molecule has 1 heterocycles. The molecule has 1 saturated heterocycles. The van der Waals surface area contributed by atoms with Crippen molar-refractivity contribution in [2.45, 2.75) is 63.5 Å². The lowest BCUT2D eigenvalue weighted by molar-refractivity contribution is -0.131. The molecule has 0 spiro atoms. The first-order valence-electron chi connectivity index (χ1n) is 7.13. The lowest BCUT2D eigenvalue weighted by Gasteiger charge is -2.40. The van der Waals surface area contributed by atoms with E-state index < -0.39 is 5.54 Å². The van der Waals surface area contributed by atoms with Gasteiger partial charge in [0.25, 0.3) is 0 Å². The number of hydrogen-bond donors (Lipinski definition) is 2. The molecule has 2 rings (SSSR count). The molecule has 0 aromatic carbocycles. The summed E-state index contributed by atoms with van der Waals surface area (Å²) in [5.74, 6) is 0.562. The Hall–Kier alpha value is -0.610. The molecule has 3 unspecified atom stereocenters. The Balaban J connectivity index is 1.97. The fraction of sp³-hybridized carbons (Fsp3) is 0.929. The number of ether oxygens (including phenoxy) is 1. The van der Waals surface area contributed by atoms with Crippen LogP contribution in [-0.2, 0) is 9.53 Å². The summed E-state index contributed by atoms with van der Waals surface area (Å²) in [5.41, 5.74) is 5.41. The summed E-state index contributed by atoms with van der Waals surface area (Å²) < 4.78 is 5.47. The number of hydrogen-bond acceptors (Lipinski definition) is 3. The summed E-state index contributed by atoms with van der Waals surface area (Å²) in [6.45, 7) is 5.64. The van der Waals surface area contributed by atoms with Crippen LogP contribution in [0.5, 0.6) is 0 Å². The molecule has 2 aliphatic rings. The number of nitrogens with one attached hydrogen (secondary N) is 1. The topological polar surface area (TPSA) is 64.4 Å². The molecule has 1 aliphatic carbocycles. The van der Waals surface area contributed by atoms with Crippen molar-refractivity contribution in [1.82, 2.24) is 5.32 Å². The molecule has 18 heavy (non-hydrogen) atoms. The quantitative estimate of drug-likeness (QED) is 0.786. The molecule has 104 valence electrons. The van der Waals surface area contributed by atoms with Crippen LogP contribution >= 0.6 is 0 Å². The first-order chi connectivity index (χ1) is 8.44. The van der Waals surface area contributed by atoms with Crippen molar-refractivity contribution < 1.29 is 9.53 Å². The van der Waals surface area contributed by atoms with Gasteiger partial charge in [-0.2, -0.15) is 0 Å². The SMILES string of the molecule is CC1CCCC(N)(C(=O)NC2(C)CCCOC2)C1. The van der Waals surface area contributed by atoms with E-state index in [1.807, 2.05) is 0 Å². The van der Waals surface area contributed by atoms with Crippen molar-refractivity contribution >= 4 is 5.91 Å². The summed E-state index contributed by atoms with van der Waals surface area (Å²) >= 11 is 0. The summed E-state index contributed by atoms with van der Waals surface area (Å²) in [6.07, 6.45) is 5.83. The maximum Gasteiger partial charge on any atom is 0.240 e. The number of amides is 1. The molecule has 3 N–H and O–H groups in total. The van der Waals surface area contributed by atoms with Gasteiger partial charge < -0.3 is 15.8 Å². The number of carbonyl (C=O) groups excluding carboxylic acids is 1. The van der Waals surface area contributed by atoms with Gasteiger partial charge in [-0.1, -0.05) is 19.8 Å². The highest BCUT2D eigenvalue weighted by Gasteiger charge is 2.41. The molecule has 0 aromatic heterocycles. The summed E-state index contributed by atoms with van der Waals surface area (Å²) in [5, 5.41) is 3.14. The number of nitrogens with two attached hydrogens (primary N) is 1. The number of carbonyl (C=O) groups is 1. The van der Waals surface area contributed by atoms with Crippen LogP contribution in [-0.4, -0.2) is 30.2 Å². The molecule has 4 heteroatoms. The maximum atomic E-state index is 12.4. The third-order valence-electron chi connectivity index (χ3n) is 4.34. The molecule has 1 saturated carbocycles. The van der Waals surface area contributed by atoms with Gasteiger partial charge in [0.15, 0.2) is 0 Å². The van der Waals surface area contributed by atoms with Crippen LogP contribution in [0.15, 0.2) is 0 Å². The Morgan fingerprint density at radius 1 is 1.39 bits per heavy atom. The van der Waals surface area contributed by atoms with Crippen LogP contribution in [0.2, 0.25) is 0 Å². The predicted molar refractivity (Wildman–Crippen MR) is 71.2 cm³/mol. The highest BCUT2D eigenvalue weighted by Crippen LogP contribution is 2.31. The van der Waals surface area contributed by atoms with Gasteiger partial charge in [0, 0.05) is 6.61 Å². The molecule has 1 aliphatic heterocycles. The zero-order valence-electron chi connectivity index (χ0n) is 11.6. The zero-order chi connectivity index (χ0) is 13.2. The molecule has 0 aromatic rings. The third kappa shape index (κ3) is 3.04. The van der Waals surface area contributed by atoms with E-state index in [1.54, 1.807) is 0 Å². The van der Waals surface area contributed by atoms with Crippen LogP contribution in [0, 0.1) is 5.92 Å². The van der Waals surface area contributed by atoms with Crippen LogP contribution in [0.25, 0.3) is 0 Å². The maximum absolute atomic E-state index is 12.4. The first-order valence-corrected chi connectivity index (χ1v) is 7.13. The van der Waals surface area contributed by atoms with Crippen LogP contribution in [0.1, 0.15) is 52.4 Å². The Morgan fingerprint density at radius 2 is 2.17 bits per heavy atom. The second-order valence-corrected chi connectivity index (χ2v) is 6.53. The van der Waals surface area contributed by atoms with Crippen molar-refractivity contribution in [2.24, 2.45) is 11.7 Å². The Labute approximate surface area is 110 Å². The van der Waals surface area contributed by atoms with Gasteiger partial charge >= 0.3 is 0 Å². The Morgan fingerprint density at radius 3 is 2.78 bits per heavy atom. The fourth-order valence-electron chi connectivity index (χ4n) is 3.23. The minimum absolute atomic E-state index is 0.0158. The highest BCUT2D eigenvalue weighted by molar-refractivity contribution is 5.86. The van der Waals surface area contributed by atoms with Gasteiger partial charge in [-0.25, -0.2) is 0 Å². The van der Waals surface area contributed by atoms with Crippen molar-refractivity contribution in [2.75, 3.05) is 13.2 Å². The normalized spacial score (nSPS) is 41.4. The van der Waals surface area contributed by atoms with Gasteiger partial charge in [0.1, 0.15) is 0 Å². The van der Waals surface area contributed by atoms with E-state index >= 15 is 0 Å². The molecule has 1 amide bonds. The van der Waals surface area contributed by atoms with Gasteiger partial charge in [-0.05, 0) is 38.5 Å². The number of rotatable bonds is 2. The monoisotopic (exact) mass is 254 g/mol. The summed E-state index contributed by atoms with van der Waals surface area (Å²) in [7, 11) is 0. The Bertz CT molecular complexity index is 313. The molecule has 4 nitrogen and oxygen atoms in total. The van der Waals surface area contributed by atoms with Crippen LogP contribution in [0.4, 0.5) is 0 Å². The van der Waals surface area contributed by atoms with Crippen molar-refractivity contribution in [3.05, 3.63) is 0 Å². The second-order valence-electron chi connectivity index (χ2n) is 6.53. The molecule has 0 bridgehead atoms. The smallest absolute Gasteiger partial charge is 0.240 e. The molecular weight excluding hydrogens is 228 g/mol. The van der Waals surface area contributed by atoms with Crippen molar-refractivity contribution in [3.63, 3.8) is 0 Å². The largest absolute Gasteiger partial charge is 0.379 e. The van der Waals surface area contributed by atoms with Gasteiger partial charge in [0.05, 0.1) is 17.7 Å². The van der Waals surface area contributed by atoms with E-state index in [1.165, 1.54) is 6.42 Å². The van der Waals surface area contributed by atoms with E-state index in [0.717, 1.165) is 38.7 Å². The molecular formula is C14H26N2O2. The summed E-state index contributed by atoms with van der Waals surface area (Å²) in [6, 6.07) is 0. The van der Waals surface area contributed by atoms with Gasteiger partial charge in [-0.3, -0.25) is 4.79 Å². The molecule has 0 radical (unpaired) electrons. The minimum Gasteiger partial charge on any atom is -0.379 e. The molecule has 2 fully saturated rings. The van der Waals surface area contributed by atoms with Crippen molar-refractivity contribution in [3.8, 4) is 0 Å². The average Bonchev–Trinajstić information content (AvgIpc) is 2.29. The van der Waals surface area contributed by atoms with E-state index in [4.69, 9.17) is 10.5 Å². The van der Waals surface area contributed by atoms with Crippen LogP contribution < -0.4 is 11.1 Å². The minimum atomic E-state index is -0.669. The lowest BCUT2D eigenvalue weighted by Crippen LogP contribution is -2.62. The van der Waals surface area contributed by atoms with Crippen molar-refractivity contribution in [1.29, 1.82) is 0 Å². The van der Waals surface area contributed by atoms with E-state index in [9.17, 15) is 4.79 Å². The second kappa shape index (κ2) is 5.17. The highest BCUT2D eigenvalue weighted by atomic mass is 16.5. The lowest BCUT2D eigenvalue weighted by atomic mass is 9.76. The van der Waals surface area contributed by atoms with Gasteiger partial charge in [0.2, 0.25) is 5.91 Å². The van der Waals surface area contributed by atoms with E-state index in [2.05, 4.69) is 19.2 Å². The fourth-order valence-corrected chi connectivity index (χ4v) is 3.23. The van der Waals surface area contributed by atoms with Gasteiger partial charge in [-0.15, -0.1) is 0 Å². The summed E-state index contributed by atoms with van der Waals surface area (Å²) in [4.78, 5) is 12.4. The van der Waals surface area contributed by atoms with E-state index in [0.29, 0.717) is 12.5 Å².